The Morgan fingerprint density at radius 1 is 1.43 bits per heavy atom. The fourth-order valence-electron chi connectivity index (χ4n) is 2.27. The van der Waals surface area contributed by atoms with Crippen LogP contribution >= 0.6 is 0 Å². The number of aromatic nitrogens is 2. The summed E-state index contributed by atoms with van der Waals surface area (Å²) >= 11 is 0. The summed E-state index contributed by atoms with van der Waals surface area (Å²) in [7, 11) is -2.04. The standard InChI is InChI=1S/C14H19N3O3S/c1-9(2)13-15-14(21(18,19)16-10-4-5-10)12-8-11(20-3)6-7-17(12)13/h6-10,16H,4-5H2,1-3H3. The van der Waals surface area contributed by atoms with Crippen molar-refractivity contribution in [3.8, 4) is 5.75 Å². The molecule has 0 bridgehead atoms. The van der Waals surface area contributed by atoms with Gasteiger partial charge in [0, 0.05) is 24.2 Å². The van der Waals surface area contributed by atoms with Crippen LogP contribution in [0.2, 0.25) is 0 Å². The number of nitrogens with zero attached hydrogens (tertiary/aromatic N) is 2. The number of rotatable bonds is 5. The van der Waals surface area contributed by atoms with Crippen LogP contribution in [-0.4, -0.2) is 31.0 Å². The van der Waals surface area contributed by atoms with Crippen LogP contribution in [-0.2, 0) is 10.0 Å². The first kappa shape index (κ1) is 14.3. The van der Waals surface area contributed by atoms with Crippen LogP contribution in [0, 0.1) is 0 Å². The largest absolute Gasteiger partial charge is 0.497 e. The number of hydrogen-bond donors (Lipinski definition) is 1. The molecule has 2 aromatic rings. The molecule has 0 unspecified atom stereocenters. The Hall–Kier alpha value is -1.60. The summed E-state index contributed by atoms with van der Waals surface area (Å²) in [6.07, 6.45) is 3.59. The average Bonchev–Trinajstić information content (AvgIpc) is 3.14. The predicted molar refractivity (Wildman–Crippen MR) is 79.2 cm³/mol. The van der Waals surface area contributed by atoms with E-state index in [9.17, 15) is 8.42 Å². The van der Waals surface area contributed by atoms with Gasteiger partial charge in [0.25, 0.3) is 10.0 Å². The van der Waals surface area contributed by atoms with Gasteiger partial charge < -0.3 is 9.14 Å². The van der Waals surface area contributed by atoms with Gasteiger partial charge in [0.15, 0.2) is 5.03 Å². The molecule has 0 radical (unpaired) electrons. The molecule has 0 atom stereocenters. The number of ether oxygens (including phenoxy) is 1. The zero-order chi connectivity index (χ0) is 15.2. The molecule has 0 spiro atoms. The van der Waals surface area contributed by atoms with E-state index in [0.717, 1.165) is 18.7 Å². The number of methoxy groups -OCH3 is 1. The third kappa shape index (κ3) is 2.63. The number of sulfonamides is 1. The lowest BCUT2D eigenvalue weighted by Gasteiger charge is -2.05. The van der Waals surface area contributed by atoms with Crippen LogP contribution in [0.1, 0.15) is 38.4 Å². The topological polar surface area (TPSA) is 72.7 Å². The lowest BCUT2D eigenvalue weighted by Crippen LogP contribution is -2.26. The predicted octanol–water partition coefficient (Wildman–Crippen LogP) is 1.91. The van der Waals surface area contributed by atoms with Gasteiger partial charge in [-0.1, -0.05) is 13.8 Å². The highest BCUT2D eigenvalue weighted by Crippen LogP contribution is 2.28. The van der Waals surface area contributed by atoms with E-state index in [2.05, 4.69) is 9.71 Å². The molecule has 0 aliphatic heterocycles. The van der Waals surface area contributed by atoms with Crippen molar-refractivity contribution < 1.29 is 13.2 Å². The molecule has 1 N–H and O–H groups in total. The Kier molecular flexibility index (Phi) is 3.41. The van der Waals surface area contributed by atoms with E-state index in [-0.39, 0.29) is 17.0 Å². The van der Waals surface area contributed by atoms with Crippen molar-refractivity contribution in [2.45, 2.75) is 43.7 Å². The minimum atomic E-state index is -3.60. The number of imidazole rings is 1. The van der Waals surface area contributed by atoms with E-state index < -0.39 is 10.0 Å². The van der Waals surface area contributed by atoms with Crippen molar-refractivity contribution in [2.75, 3.05) is 7.11 Å². The summed E-state index contributed by atoms with van der Waals surface area (Å²) in [4.78, 5) is 4.37. The van der Waals surface area contributed by atoms with Gasteiger partial charge in [-0.3, -0.25) is 0 Å². The Morgan fingerprint density at radius 2 is 2.14 bits per heavy atom. The van der Waals surface area contributed by atoms with Crippen LogP contribution in [0.4, 0.5) is 0 Å². The van der Waals surface area contributed by atoms with E-state index in [0.29, 0.717) is 11.3 Å². The minimum absolute atomic E-state index is 0.0554. The van der Waals surface area contributed by atoms with E-state index >= 15 is 0 Å². The normalized spacial score (nSPS) is 15.8. The van der Waals surface area contributed by atoms with Crippen LogP contribution in [0.25, 0.3) is 5.52 Å². The summed E-state index contributed by atoms with van der Waals surface area (Å²) < 4.78 is 34.7. The summed E-state index contributed by atoms with van der Waals surface area (Å²) in [5.41, 5.74) is 0.547. The van der Waals surface area contributed by atoms with E-state index in [1.807, 2.05) is 18.2 Å². The number of nitrogens with one attached hydrogen (secondary N) is 1. The van der Waals surface area contributed by atoms with Gasteiger partial charge in [-0.2, -0.15) is 0 Å². The second kappa shape index (κ2) is 4.99. The van der Waals surface area contributed by atoms with Crippen molar-refractivity contribution >= 4 is 15.5 Å². The number of pyridine rings is 1. The molecule has 1 saturated carbocycles. The van der Waals surface area contributed by atoms with Gasteiger partial charge in [0.05, 0.1) is 12.6 Å². The lowest BCUT2D eigenvalue weighted by atomic mass is 10.2. The molecule has 114 valence electrons. The first-order chi connectivity index (χ1) is 9.92. The lowest BCUT2D eigenvalue weighted by molar-refractivity contribution is 0.414. The van der Waals surface area contributed by atoms with Gasteiger partial charge in [0.2, 0.25) is 0 Å². The molecule has 1 aliphatic rings. The number of hydrogen-bond acceptors (Lipinski definition) is 4. The second-order valence-corrected chi connectivity index (χ2v) is 7.28. The molecule has 0 amide bonds. The van der Waals surface area contributed by atoms with Crippen LogP contribution in [0.15, 0.2) is 23.4 Å². The first-order valence-corrected chi connectivity index (χ1v) is 8.49. The minimum Gasteiger partial charge on any atom is -0.497 e. The maximum Gasteiger partial charge on any atom is 0.260 e. The molecule has 3 rings (SSSR count). The summed E-state index contributed by atoms with van der Waals surface area (Å²) in [6.45, 7) is 3.98. The molecule has 1 fully saturated rings. The SMILES string of the molecule is COc1ccn2c(C(C)C)nc(S(=O)(=O)NC3CC3)c2c1. The molecule has 6 nitrogen and oxygen atoms in total. The van der Waals surface area contributed by atoms with Crippen molar-refractivity contribution in [1.29, 1.82) is 0 Å². The Morgan fingerprint density at radius 3 is 2.71 bits per heavy atom. The molecule has 2 aromatic heterocycles. The van der Waals surface area contributed by atoms with Gasteiger partial charge in [-0.05, 0) is 18.9 Å². The molecular formula is C14H19N3O3S. The van der Waals surface area contributed by atoms with Crippen molar-refractivity contribution in [2.24, 2.45) is 0 Å². The van der Waals surface area contributed by atoms with Gasteiger partial charge in [0.1, 0.15) is 11.6 Å². The Balaban J connectivity index is 2.20. The fourth-order valence-corrected chi connectivity index (χ4v) is 3.70. The summed E-state index contributed by atoms with van der Waals surface area (Å²) in [5, 5.41) is 0.0806. The third-order valence-electron chi connectivity index (χ3n) is 3.51. The van der Waals surface area contributed by atoms with Gasteiger partial charge in [-0.25, -0.2) is 18.1 Å². The van der Waals surface area contributed by atoms with Crippen molar-refractivity contribution in [1.82, 2.24) is 14.1 Å². The Bertz CT molecular complexity index is 776. The van der Waals surface area contributed by atoms with Crippen LogP contribution < -0.4 is 9.46 Å². The first-order valence-electron chi connectivity index (χ1n) is 7.00. The average molecular weight is 309 g/mol. The van der Waals surface area contributed by atoms with Gasteiger partial charge >= 0.3 is 0 Å². The zero-order valence-electron chi connectivity index (χ0n) is 12.3. The highest BCUT2D eigenvalue weighted by atomic mass is 32.2. The second-order valence-electron chi connectivity index (χ2n) is 5.65. The molecule has 1 aliphatic carbocycles. The fraction of sp³-hybridized carbons (Fsp3) is 0.500. The maximum atomic E-state index is 12.5. The monoisotopic (exact) mass is 309 g/mol. The Labute approximate surface area is 124 Å². The van der Waals surface area contributed by atoms with E-state index in [1.54, 1.807) is 25.4 Å². The molecular weight excluding hydrogens is 290 g/mol. The summed E-state index contributed by atoms with van der Waals surface area (Å²) in [5.74, 6) is 1.46. The number of fused-ring (bicyclic) bond motifs is 1. The molecule has 2 heterocycles. The molecule has 0 aromatic carbocycles. The maximum absolute atomic E-state index is 12.5. The van der Waals surface area contributed by atoms with E-state index in [1.165, 1.54) is 0 Å². The van der Waals surface area contributed by atoms with Crippen molar-refractivity contribution in [3.05, 3.63) is 24.2 Å². The summed E-state index contributed by atoms with van der Waals surface area (Å²) in [6, 6.07) is 3.56. The molecule has 7 heteroatoms. The highest BCUT2D eigenvalue weighted by Gasteiger charge is 2.31. The van der Waals surface area contributed by atoms with E-state index in [4.69, 9.17) is 4.74 Å². The highest BCUT2D eigenvalue weighted by molar-refractivity contribution is 7.89. The van der Waals surface area contributed by atoms with Crippen LogP contribution in [0.5, 0.6) is 5.75 Å². The zero-order valence-corrected chi connectivity index (χ0v) is 13.1. The third-order valence-corrected chi connectivity index (χ3v) is 4.97. The smallest absolute Gasteiger partial charge is 0.260 e. The molecule has 0 saturated heterocycles. The molecule has 21 heavy (non-hydrogen) atoms. The van der Waals surface area contributed by atoms with Crippen molar-refractivity contribution in [3.63, 3.8) is 0 Å². The van der Waals surface area contributed by atoms with Gasteiger partial charge in [-0.15, -0.1) is 0 Å². The quantitative estimate of drug-likeness (QED) is 0.915. The van der Waals surface area contributed by atoms with Crippen LogP contribution in [0.3, 0.4) is 0 Å².